The van der Waals surface area contributed by atoms with E-state index in [4.69, 9.17) is 10.9 Å². The van der Waals surface area contributed by atoms with Crippen molar-refractivity contribution in [3.05, 3.63) is 0 Å². The molecule has 84 valence electrons. The first-order chi connectivity index (χ1) is 6.47. The van der Waals surface area contributed by atoms with Crippen molar-refractivity contribution in [2.75, 3.05) is 34.2 Å². The molecule has 0 aliphatic heterocycles. The van der Waals surface area contributed by atoms with E-state index in [2.05, 4.69) is 21.9 Å². The fraction of sp³-hybridized carbons (Fsp3) is 0.889. The molecule has 0 radical (unpaired) electrons. The van der Waals surface area contributed by atoms with Gasteiger partial charge in [-0.3, -0.25) is 0 Å². The Labute approximate surface area is 86.2 Å². The minimum atomic E-state index is 0.286. The van der Waals surface area contributed by atoms with Gasteiger partial charge in [-0.15, -0.1) is 0 Å². The largest absolute Gasteiger partial charge is 0.409 e. The Hall–Kier alpha value is -0.810. The van der Waals surface area contributed by atoms with Gasteiger partial charge in [0.1, 0.15) is 5.84 Å². The van der Waals surface area contributed by atoms with E-state index in [0.717, 1.165) is 13.1 Å². The van der Waals surface area contributed by atoms with Crippen LogP contribution in [0.15, 0.2) is 5.16 Å². The minimum absolute atomic E-state index is 0.286. The van der Waals surface area contributed by atoms with E-state index in [-0.39, 0.29) is 5.84 Å². The van der Waals surface area contributed by atoms with Crippen LogP contribution >= 0.6 is 0 Å². The maximum Gasteiger partial charge on any atom is 0.140 e. The van der Waals surface area contributed by atoms with Crippen molar-refractivity contribution in [1.29, 1.82) is 0 Å². The zero-order valence-corrected chi connectivity index (χ0v) is 9.56. The molecular formula is C9H22N4O. The first-order valence-corrected chi connectivity index (χ1v) is 4.78. The summed E-state index contributed by atoms with van der Waals surface area (Å²) < 4.78 is 0. The van der Waals surface area contributed by atoms with Gasteiger partial charge in [0.15, 0.2) is 0 Å². The minimum Gasteiger partial charge on any atom is -0.409 e. The molecule has 0 fully saturated rings. The maximum atomic E-state index is 8.42. The standard InChI is InChI=1S/C9H22N4O/c1-8(7-9(10)11-14)13(4)6-5-12(2)3/h8,14H,5-7H2,1-4H3,(H2,10,11). The summed E-state index contributed by atoms with van der Waals surface area (Å²) in [7, 11) is 6.13. The van der Waals surface area contributed by atoms with Crippen LogP contribution < -0.4 is 5.73 Å². The van der Waals surface area contributed by atoms with Crippen molar-refractivity contribution in [1.82, 2.24) is 9.80 Å². The number of nitrogens with two attached hydrogens (primary N) is 1. The second-order valence-electron chi connectivity index (χ2n) is 3.93. The van der Waals surface area contributed by atoms with E-state index in [1.807, 2.05) is 21.1 Å². The number of likely N-dealkylation sites (N-methyl/N-ethyl adjacent to an activating group) is 2. The Morgan fingerprint density at radius 2 is 1.93 bits per heavy atom. The third-order valence-corrected chi connectivity index (χ3v) is 2.29. The van der Waals surface area contributed by atoms with Crippen LogP contribution in [-0.4, -0.2) is 61.1 Å². The van der Waals surface area contributed by atoms with Gasteiger partial charge in [-0.1, -0.05) is 5.16 Å². The third kappa shape index (κ3) is 5.77. The monoisotopic (exact) mass is 202 g/mol. The molecule has 1 atom stereocenters. The van der Waals surface area contributed by atoms with Crippen LogP contribution in [0.2, 0.25) is 0 Å². The number of rotatable bonds is 6. The number of hydrogen-bond acceptors (Lipinski definition) is 4. The van der Waals surface area contributed by atoms with Gasteiger partial charge in [0.25, 0.3) is 0 Å². The molecule has 0 rings (SSSR count). The summed E-state index contributed by atoms with van der Waals surface area (Å²) in [5.41, 5.74) is 5.43. The predicted molar refractivity (Wildman–Crippen MR) is 58.7 cm³/mol. The van der Waals surface area contributed by atoms with Crippen LogP contribution in [0.3, 0.4) is 0 Å². The highest BCUT2D eigenvalue weighted by Crippen LogP contribution is 2.00. The lowest BCUT2D eigenvalue weighted by Crippen LogP contribution is -2.37. The topological polar surface area (TPSA) is 65.1 Å². The van der Waals surface area contributed by atoms with Gasteiger partial charge >= 0.3 is 0 Å². The molecule has 0 aliphatic carbocycles. The van der Waals surface area contributed by atoms with Crippen LogP contribution in [0, 0.1) is 0 Å². The second-order valence-corrected chi connectivity index (χ2v) is 3.93. The van der Waals surface area contributed by atoms with E-state index >= 15 is 0 Å². The third-order valence-electron chi connectivity index (χ3n) is 2.29. The maximum absolute atomic E-state index is 8.42. The highest BCUT2D eigenvalue weighted by molar-refractivity contribution is 5.80. The van der Waals surface area contributed by atoms with Gasteiger partial charge in [0.05, 0.1) is 0 Å². The van der Waals surface area contributed by atoms with E-state index in [0.29, 0.717) is 12.5 Å². The zero-order chi connectivity index (χ0) is 11.1. The van der Waals surface area contributed by atoms with Crippen LogP contribution in [0.4, 0.5) is 0 Å². The molecule has 0 aromatic carbocycles. The Bertz CT molecular complexity index is 182. The predicted octanol–water partition coefficient (Wildman–Crippen LogP) is 0.00480. The van der Waals surface area contributed by atoms with Crippen molar-refractivity contribution in [2.45, 2.75) is 19.4 Å². The molecule has 1 unspecified atom stereocenters. The fourth-order valence-electron chi connectivity index (χ4n) is 1.08. The quantitative estimate of drug-likeness (QED) is 0.275. The second kappa shape index (κ2) is 6.62. The van der Waals surface area contributed by atoms with Crippen molar-refractivity contribution >= 4 is 5.84 Å². The molecule has 0 spiro atoms. The zero-order valence-electron chi connectivity index (χ0n) is 9.56. The number of hydrogen-bond donors (Lipinski definition) is 2. The summed E-state index contributed by atoms with van der Waals surface area (Å²) in [6, 6.07) is 0.297. The number of nitrogens with zero attached hydrogens (tertiary/aromatic N) is 3. The van der Waals surface area contributed by atoms with Gasteiger partial charge in [0.2, 0.25) is 0 Å². The van der Waals surface area contributed by atoms with Crippen molar-refractivity contribution in [3.8, 4) is 0 Å². The average molecular weight is 202 g/mol. The smallest absolute Gasteiger partial charge is 0.140 e. The first-order valence-electron chi connectivity index (χ1n) is 4.78. The highest BCUT2D eigenvalue weighted by Gasteiger charge is 2.10. The first kappa shape index (κ1) is 13.2. The van der Waals surface area contributed by atoms with Gasteiger partial charge in [0, 0.05) is 25.6 Å². The van der Waals surface area contributed by atoms with Crippen molar-refractivity contribution in [2.24, 2.45) is 10.9 Å². The lowest BCUT2D eigenvalue weighted by atomic mass is 10.2. The normalized spacial score (nSPS) is 15.1. The summed E-state index contributed by atoms with van der Waals surface area (Å²) in [4.78, 5) is 4.32. The molecule has 0 aromatic heterocycles. The molecule has 0 heterocycles. The van der Waals surface area contributed by atoms with Crippen LogP contribution in [0.5, 0.6) is 0 Å². The summed E-state index contributed by atoms with van der Waals surface area (Å²) in [6.07, 6.45) is 0.598. The molecule has 14 heavy (non-hydrogen) atoms. The van der Waals surface area contributed by atoms with Gasteiger partial charge in [-0.25, -0.2) is 0 Å². The number of oxime groups is 1. The Kier molecular flexibility index (Phi) is 6.23. The summed E-state index contributed by atoms with van der Waals surface area (Å²) in [6.45, 7) is 4.05. The lowest BCUT2D eigenvalue weighted by molar-refractivity contribution is 0.230. The van der Waals surface area contributed by atoms with E-state index in [9.17, 15) is 0 Å². The fourth-order valence-corrected chi connectivity index (χ4v) is 1.08. The molecule has 0 aliphatic rings. The molecule has 0 saturated carbocycles. The van der Waals surface area contributed by atoms with E-state index in [1.54, 1.807) is 0 Å². The van der Waals surface area contributed by atoms with Crippen molar-refractivity contribution < 1.29 is 5.21 Å². The summed E-state index contributed by atoms with van der Waals surface area (Å²) in [5, 5.41) is 11.4. The van der Waals surface area contributed by atoms with E-state index < -0.39 is 0 Å². The Morgan fingerprint density at radius 1 is 1.36 bits per heavy atom. The molecule has 0 saturated heterocycles. The van der Waals surface area contributed by atoms with E-state index in [1.165, 1.54) is 0 Å². The molecule has 5 heteroatoms. The van der Waals surface area contributed by atoms with Crippen LogP contribution in [-0.2, 0) is 0 Å². The lowest BCUT2D eigenvalue weighted by Gasteiger charge is -2.25. The van der Waals surface area contributed by atoms with Gasteiger partial charge in [-0.05, 0) is 28.1 Å². The summed E-state index contributed by atoms with van der Waals surface area (Å²) in [5.74, 6) is 0.286. The Balaban J connectivity index is 3.81. The SMILES string of the molecule is CC(CC(N)=NO)N(C)CCN(C)C. The average Bonchev–Trinajstić information content (AvgIpc) is 2.13. The van der Waals surface area contributed by atoms with Gasteiger partial charge in [-0.2, -0.15) is 0 Å². The van der Waals surface area contributed by atoms with Crippen LogP contribution in [0.25, 0.3) is 0 Å². The highest BCUT2D eigenvalue weighted by atomic mass is 16.4. The van der Waals surface area contributed by atoms with Gasteiger partial charge < -0.3 is 20.7 Å². The molecule has 5 nitrogen and oxygen atoms in total. The Morgan fingerprint density at radius 3 is 2.36 bits per heavy atom. The van der Waals surface area contributed by atoms with Crippen LogP contribution in [0.1, 0.15) is 13.3 Å². The molecule has 0 bridgehead atoms. The molecule has 3 N–H and O–H groups in total. The molecule has 0 aromatic rings. The van der Waals surface area contributed by atoms with Crippen molar-refractivity contribution in [3.63, 3.8) is 0 Å². The number of amidine groups is 1. The summed E-state index contributed by atoms with van der Waals surface area (Å²) >= 11 is 0. The molecule has 0 amide bonds. The molecular weight excluding hydrogens is 180 g/mol.